The largest absolute Gasteiger partial charge is 0.436 e. The predicted molar refractivity (Wildman–Crippen MR) is 68.6 cm³/mol. The van der Waals surface area contributed by atoms with E-state index in [0.29, 0.717) is 17.2 Å². The zero-order chi connectivity index (χ0) is 12.7. The van der Waals surface area contributed by atoms with E-state index in [2.05, 4.69) is 4.98 Å². The molecule has 3 rings (SSSR count). The lowest BCUT2D eigenvalue weighted by Crippen LogP contribution is -1.84. The number of hydrogen-bond acceptors (Lipinski definition) is 3. The number of oxazole rings is 1. The van der Waals surface area contributed by atoms with Crippen molar-refractivity contribution in [3.8, 4) is 11.5 Å². The van der Waals surface area contributed by atoms with Gasteiger partial charge in [-0.25, -0.2) is 9.37 Å². The number of aryl methyl sites for hydroxylation is 1. The summed E-state index contributed by atoms with van der Waals surface area (Å²) in [5.74, 6) is 0.213. The molecule has 3 nitrogen and oxygen atoms in total. The van der Waals surface area contributed by atoms with Crippen LogP contribution in [0.5, 0.6) is 0 Å². The summed E-state index contributed by atoms with van der Waals surface area (Å²) in [5.41, 5.74) is 9.25. The van der Waals surface area contributed by atoms with Crippen LogP contribution in [0.2, 0.25) is 0 Å². The fourth-order valence-corrected chi connectivity index (χ4v) is 1.92. The Kier molecular flexibility index (Phi) is 2.30. The van der Waals surface area contributed by atoms with Crippen LogP contribution in [0.3, 0.4) is 0 Å². The third-order valence-electron chi connectivity index (χ3n) is 2.83. The van der Waals surface area contributed by atoms with Gasteiger partial charge in [-0.2, -0.15) is 0 Å². The number of halogens is 1. The standard InChI is InChI=1S/C14H11FN2O/c1-8-6-9(15)2-4-11(8)14-17-12-5-3-10(16)7-13(12)18-14/h2-7H,16H2,1H3. The normalized spacial score (nSPS) is 11.0. The number of nitrogens with zero attached hydrogens (tertiary/aromatic N) is 1. The van der Waals surface area contributed by atoms with Gasteiger partial charge in [0.25, 0.3) is 0 Å². The highest BCUT2D eigenvalue weighted by Gasteiger charge is 2.11. The topological polar surface area (TPSA) is 52.0 Å². The Morgan fingerprint density at radius 3 is 2.78 bits per heavy atom. The molecule has 3 aromatic rings. The van der Waals surface area contributed by atoms with Crippen LogP contribution in [0.4, 0.5) is 10.1 Å². The van der Waals surface area contributed by atoms with Gasteiger partial charge in [-0.15, -0.1) is 0 Å². The molecule has 2 aromatic carbocycles. The molecule has 0 aliphatic heterocycles. The molecule has 1 aromatic heterocycles. The molecule has 0 spiro atoms. The SMILES string of the molecule is Cc1cc(F)ccc1-c1nc2ccc(N)cc2o1. The lowest BCUT2D eigenvalue weighted by atomic mass is 10.1. The Morgan fingerprint density at radius 1 is 1.17 bits per heavy atom. The lowest BCUT2D eigenvalue weighted by molar-refractivity contribution is 0.615. The highest BCUT2D eigenvalue weighted by Crippen LogP contribution is 2.28. The Balaban J connectivity index is 2.19. The molecule has 90 valence electrons. The van der Waals surface area contributed by atoms with Gasteiger partial charge in [0.15, 0.2) is 5.58 Å². The molecule has 0 amide bonds. The van der Waals surface area contributed by atoms with E-state index in [-0.39, 0.29) is 5.82 Å². The van der Waals surface area contributed by atoms with E-state index in [9.17, 15) is 4.39 Å². The summed E-state index contributed by atoms with van der Waals surface area (Å²) in [6.45, 7) is 1.82. The Bertz CT molecular complexity index is 734. The molecule has 18 heavy (non-hydrogen) atoms. The molecule has 0 saturated heterocycles. The number of benzene rings is 2. The van der Waals surface area contributed by atoms with Crippen LogP contribution in [0.15, 0.2) is 40.8 Å². The summed E-state index contributed by atoms with van der Waals surface area (Å²) in [6, 6.07) is 9.82. The molecular weight excluding hydrogens is 231 g/mol. The molecular formula is C14H11FN2O. The first-order chi connectivity index (χ1) is 8.63. The van der Waals surface area contributed by atoms with Gasteiger partial charge in [-0.3, -0.25) is 0 Å². The molecule has 2 N–H and O–H groups in total. The van der Waals surface area contributed by atoms with Crippen molar-refractivity contribution in [3.05, 3.63) is 47.8 Å². The van der Waals surface area contributed by atoms with Crippen molar-refractivity contribution < 1.29 is 8.81 Å². The Hall–Kier alpha value is -2.36. The van der Waals surface area contributed by atoms with Gasteiger partial charge < -0.3 is 10.2 Å². The highest BCUT2D eigenvalue weighted by molar-refractivity contribution is 5.79. The number of hydrogen-bond donors (Lipinski definition) is 1. The second-order valence-electron chi connectivity index (χ2n) is 4.21. The van der Waals surface area contributed by atoms with Gasteiger partial charge in [0, 0.05) is 17.3 Å². The van der Waals surface area contributed by atoms with Crippen molar-refractivity contribution >= 4 is 16.8 Å². The highest BCUT2D eigenvalue weighted by atomic mass is 19.1. The Labute approximate surface area is 103 Å². The monoisotopic (exact) mass is 242 g/mol. The first kappa shape index (κ1) is 10.8. The smallest absolute Gasteiger partial charge is 0.227 e. The van der Waals surface area contributed by atoms with Crippen LogP contribution in [-0.4, -0.2) is 4.98 Å². The molecule has 0 radical (unpaired) electrons. The van der Waals surface area contributed by atoms with Gasteiger partial charge in [-0.05, 0) is 42.8 Å². The van der Waals surface area contributed by atoms with Gasteiger partial charge in [0.1, 0.15) is 11.3 Å². The van der Waals surface area contributed by atoms with E-state index in [1.54, 1.807) is 24.3 Å². The van der Waals surface area contributed by atoms with Crippen LogP contribution in [0, 0.1) is 12.7 Å². The van der Waals surface area contributed by atoms with Crippen LogP contribution >= 0.6 is 0 Å². The van der Waals surface area contributed by atoms with E-state index >= 15 is 0 Å². The Morgan fingerprint density at radius 2 is 2.00 bits per heavy atom. The molecule has 0 aliphatic rings. The molecule has 1 heterocycles. The van der Waals surface area contributed by atoms with E-state index in [0.717, 1.165) is 16.6 Å². The average molecular weight is 242 g/mol. The van der Waals surface area contributed by atoms with Gasteiger partial charge in [0.2, 0.25) is 5.89 Å². The summed E-state index contributed by atoms with van der Waals surface area (Å²) in [5, 5.41) is 0. The zero-order valence-electron chi connectivity index (χ0n) is 9.77. The van der Waals surface area contributed by atoms with Crippen molar-refractivity contribution in [2.45, 2.75) is 6.92 Å². The predicted octanol–water partition coefficient (Wildman–Crippen LogP) is 3.52. The molecule has 0 atom stereocenters. The number of anilines is 1. The number of fused-ring (bicyclic) bond motifs is 1. The second-order valence-corrected chi connectivity index (χ2v) is 4.21. The van der Waals surface area contributed by atoms with Gasteiger partial charge >= 0.3 is 0 Å². The quantitative estimate of drug-likeness (QED) is 0.664. The summed E-state index contributed by atoms with van der Waals surface area (Å²) in [7, 11) is 0. The summed E-state index contributed by atoms with van der Waals surface area (Å²) >= 11 is 0. The maximum Gasteiger partial charge on any atom is 0.227 e. The van der Waals surface area contributed by atoms with Gasteiger partial charge in [0.05, 0.1) is 0 Å². The molecule has 0 fully saturated rings. The number of nitrogens with two attached hydrogens (primary N) is 1. The summed E-state index contributed by atoms with van der Waals surface area (Å²) in [6.07, 6.45) is 0. The fourth-order valence-electron chi connectivity index (χ4n) is 1.92. The minimum atomic E-state index is -0.267. The van der Waals surface area contributed by atoms with Crippen LogP contribution in [0.1, 0.15) is 5.56 Å². The van der Waals surface area contributed by atoms with Crippen molar-refractivity contribution in [2.75, 3.05) is 5.73 Å². The van der Waals surface area contributed by atoms with E-state index in [4.69, 9.17) is 10.2 Å². The minimum absolute atomic E-state index is 0.267. The third-order valence-corrected chi connectivity index (χ3v) is 2.83. The van der Waals surface area contributed by atoms with E-state index in [1.807, 2.05) is 6.92 Å². The van der Waals surface area contributed by atoms with E-state index < -0.39 is 0 Å². The van der Waals surface area contributed by atoms with Crippen LogP contribution in [-0.2, 0) is 0 Å². The zero-order valence-corrected chi connectivity index (χ0v) is 9.77. The summed E-state index contributed by atoms with van der Waals surface area (Å²) < 4.78 is 18.7. The third kappa shape index (κ3) is 1.72. The minimum Gasteiger partial charge on any atom is -0.436 e. The lowest BCUT2D eigenvalue weighted by Gasteiger charge is -2.00. The van der Waals surface area contributed by atoms with Crippen molar-refractivity contribution in [2.24, 2.45) is 0 Å². The number of aromatic nitrogens is 1. The van der Waals surface area contributed by atoms with Crippen molar-refractivity contribution in [1.82, 2.24) is 4.98 Å². The number of nitrogen functional groups attached to an aromatic ring is 1. The molecule has 0 bridgehead atoms. The first-order valence-electron chi connectivity index (χ1n) is 5.56. The number of rotatable bonds is 1. The van der Waals surface area contributed by atoms with Crippen LogP contribution < -0.4 is 5.73 Å². The molecule has 4 heteroatoms. The molecule has 0 unspecified atom stereocenters. The van der Waals surface area contributed by atoms with E-state index in [1.165, 1.54) is 12.1 Å². The molecule has 0 aliphatic carbocycles. The van der Waals surface area contributed by atoms with Gasteiger partial charge in [-0.1, -0.05) is 0 Å². The van der Waals surface area contributed by atoms with Crippen LogP contribution in [0.25, 0.3) is 22.6 Å². The maximum atomic E-state index is 13.1. The van der Waals surface area contributed by atoms with Crippen molar-refractivity contribution in [1.29, 1.82) is 0 Å². The second kappa shape index (κ2) is 3.84. The summed E-state index contributed by atoms with van der Waals surface area (Å²) in [4.78, 5) is 4.37. The van der Waals surface area contributed by atoms with Crippen molar-refractivity contribution in [3.63, 3.8) is 0 Å². The average Bonchev–Trinajstić information content (AvgIpc) is 2.71. The fraction of sp³-hybridized carbons (Fsp3) is 0.0714. The maximum absolute atomic E-state index is 13.1. The molecule has 0 saturated carbocycles. The first-order valence-corrected chi connectivity index (χ1v) is 5.56.